The van der Waals surface area contributed by atoms with Crippen molar-refractivity contribution in [2.24, 2.45) is 11.7 Å². The number of rotatable bonds is 3. The van der Waals surface area contributed by atoms with E-state index in [1.54, 1.807) is 0 Å². The highest BCUT2D eigenvalue weighted by atomic mass is 35.5. The Kier molecular flexibility index (Phi) is 3.96. The van der Waals surface area contributed by atoms with Gasteiger partial charge in [-0.15, -0.1) is 16.4 Å². The lowest BCUT2D eigenvalue weighted by atomic mass is 9.91. The molecule has 1 aliphatic heterocycles. The summed E-state index contributed by atoms with van der Waals surface area (Å²) in [5.74, 6) is 2.17. The van der Waals surface area contributed by atoms with Crippen molar-refractivity contribution < 1.29 is 0 Å². The molecule has 1 aliphatic rings. The first-order valence-corrected chi connectivity index (χ1v) is 8.01. The minimum atomic E-state index is 0.271. The van der Waals surface area contributed by atoms with Gasteiger partial charge in [0, 0.05) is 19.1 Å². The molecule has 0 aromatic carbocycles. The minimum absolute atomic E-state index is 0.271. The fourth-order valence-corrected chi connectivity index (χ4v) is 3.55. The maximum Gasteiger partial charge on any atom is 0.245 e. The monoisotopic (exact) mass is 311 g/mol. The highest BCUT2D eigenvalue weighted by molar-refractivity contribution is 7.19. The number of halogens is 1. The van der Waals surface area contributed by atoms with Crippen LogP contribution in [0.4, 0.5) is 5.95 Å². The van der Waals surface area contributed by atoms with E-state index < -0.39 is 0 Å². The molecule has 3 rings (SSSR count). The average molecular weight is 312 g/mol. The molecule has 2 aromatic heterocycles. The maximum absolute atomic E-state index is 5.97. The number of H-pyrrole nitrogens is 1. The van der Waals surface area contributed by atoms with Crippen molar-refractivity contribution in [1.82, 2.24) is 15.2 Å². The molecule has 1 fully saturated rings. The standard InChI is InChI=1S/C13H18ClN5S/c1-8(15)9-4-6-19(7-5-9)13-16-12(17-18-13)10-2-3-11(14)20-10/h2-3,8-9H,4-7,15H2,1H3,(H,16,17,18). The molecular formula is C13H18ClN5S. The number of aromatic nitrogens is 3. The Bertz CT molecular complexity index is 571. The second-order valence-corrected chi connectivity index (χ2v) is 6.99. The van der Waals surface area contributed by atoms with Crippen LogP contribution in [0.3, 0.4) is 0 Å². The largest absolute Gasteiger partial charge is 0.340 e. The number of nitrogens with one attached hydrogen (secondary N) is 1. The molecule has 0 amide bonds. The van der Waals surface area contributed by atoms with E-state index in [1.165, 1.54) is 11.3 Å². The summed E-state index contributed by atoms with van der Waals surface area (Å²) < 4.78 is 0.760. The second-order valence-electron chi connectivity index (χ2n) is 5.27. The van der Waals surface area contributed by atoms with Crippen molar-refractivity contribution in [3.05, 3.63) is 16.5 Å². The quantitative estimate of drug-likeness (QED) is 0.914. The number of nitrogens with zero attached hydrogens (tertiary/aromatic N) is 3. The molecule has 3 heterocycles. The zero-order chi connectivity index (χ0) is 14.1. The topological polar surface area (TPSA) is 70.8 Å². The molecule has 20 heavy (non-hydrogen) atoms. The van der Waals surface area contributed by atoms with Gasteiger partial charge >= 0.3 is 0 Å². The van der Waals surface area contributed by atoms with Crippen molar-refractivity contribution >= 4 is 28.9 Å². The molecule has 0 aliphatic carbocycles. The molecule has 2 aromatic rings. The predicted molar refractivity (Wildman–Crippen MR) is 83.3 cm³/mol. The van der Waals surface area contributed by atoms with Crippen LogP contribution in [0.15, 0.2) is 12.1 Å². The van der Waals surface area contributed by atoms with Gasteiger partial charge in [-0.2, -0.15) is 4.98 Å². The van der Waals surface area contributed by atoms with Gasteiger partial charge in [-0.05, 0) is 37.8 Å². The van der Waals surface area contributed by atoms with Gasteiger partial charge in [-0.25, -0.2) is 0 Å². The van der Waals surface area contributed by atoms with E-state index >= 15 is 0 Å². The Morgan fingerprint density at radius 2 is 2.20 bits per heavy atom. The third-order valence-corrected chi connectivity index (χ3v) is 5.08. The van der Waals surface area contributed by atoms with Gasteiger partial charge in [-0.3, -0.25) is 5.10 Å². The summed E-state index contributed by atoms with van der Waals surface area (Å²) in [5, 5.41) is 7.31. The number of thiophene rings is 1. The van der Waals surface area contributed by atoms with E-state index in [4.69, 9.17) is 17.3 Å². The Morgan fingerprint density at radius 1 is 1.45 bits per heavy atom. The molecule has 0 radical (unpaired) electrons. The zero-order valence-electron chi connectivity index (χ0n) is 11.3. The van der Waals surface area contributed by atoms with Gasteiger partial charge < -0.3 is 10.6 Å². The Hall–Kier alpha value is -1.11. The lowest BCUT2D eigenvalue weighted by Crippen LogP contribution is -2.40. The van der Waals surface area contributed by atoms with E-state index in [2.05, 4.69) is 27.0 Å². The molecule has 0 spiro atoms. The van der Waals surface area contributed by atoms with E-state index in [1.807, 2.05) is 12.1 Å². The second kappa shape index (κ2) is 5.71. The van der Waals surface area contributed by atoms with E-state index in [9.17, 15) is 0 Å². The highest BCUT2D eigenvalue weighted by Gasteiger charge is 2.24. The van der Waals surface area contributed by atoms with Crippen LogP contribution in [-0.4, -0.2) is 34.3 Å². The molecule has 0 saturated carbocycles. The zero-order valence-corrected chi connectivity index (χ0v) is 12.9. The number of nitrogens with two attached hydrogens (primary N) is 1. The van der Waals surface area contributed by atoms with Crippen molar-refractivity contribution in [2.45, 2.75) is 25.8 Å². The molecule has 1 unspecified atom stereocenters. The van der Waals surface area contributed by atoms with E-state index in [-0.39, 0.29) is 6.04 Å². The minimum Gasteiger partial charge on any atom is -0.340 e. The molecule has 1 saturated heterocycles. The highest BCUT2D eigenvalue weighted by Crippen LogP contribution is 2.30. The maximum atomic E-state index is 5.97. The average Bonchev–Trinajstić information content (AvgIpc) is 3.07. The van der Waals surface area contributed by atoms with Crippen LogP contribution in [-0.2, 0) is 0 Å². The number of hydrogen-bond acceptors (Lipinski definition) is 5. The van der Waals surface area contributed by atoms with E-state index in [0.717, 1.165) is 46.9 Å². The van der Waals surface area contributed by atoms with Crippen LogP contribution in [0.5, 0.6) is 0 Å². The fourth-order valence-electron chi connectivity index (χ4n) is 2.57. The normalized spacial score (nSPS) is 18.4. The molecule has 3 N–H and O–H groups in total. The van der Waals surface area contributed by atoms with Gasteiger partial charge in [0.25, 0.3) is 0 Å². The first-order chi connectivity index (χ1) is 9.63. The molecule has 108 valence electrons. The number of piperidine rings is 1. The first kappa shape index (κ1) is 13.9. The van der Waals surface area contributed by atoms with Crippen LogP contribution in [0.25, 0.3) is 10.7 Å². The SMILES string of the molecule is CC(N)C1CCN(c2n[nH]c(-c3ccc(Cl)s3)n2)CC1. The summed E-state index contributed by atoms with van der Waals surface area (Å²) in [6.07, 6.45) is 2.21. The first-order valence-electron chi connectivity index (χ1n) is 6.82. The van der Waals surface area contributed by atoms with Crippen molar-refractivity contribution in [1.29, 1.82) is 0 Å². The summed E-state index contributed by atoms with van der Waals surface area (Å²) in [6, 6.07) is 4.10. The molecule has 0 bridgehead atoms. The Morgan fingerprint density at radius 3 is 2.80 bits per heavy atom. The molecule has 1 atom stereocenters. The van der Waals surface area contributed by atoms with E-state index in [0.29, 0.717) is 5.92 Å². The molecule has 7 heteroatoms. The van der Waals surface area contributed by atoms with Crippen molar-refractivity contribution in [3.8, 4) is 10.7 Å². The van der Waals surface area contributed by atoms with Crippen molar-refractivity contribution in [2.75, 3.05) is 18.0 Å². The Balaban J connectivity index is 1.69. The summed E-state index contributed by atoms with van der Waals surface area (Å²) in [7, 11) is 0. The lowest BCUT2D eigenvalue weighted by Gasteiger charge is -2.32. The Labute approximate surface area is 127 Å². The van der Waals surface area contributed by atoms with Gasteiger partial charge in [0.2, 0.25) is 5.95 Å². The van der Waals surface area contributed by atoms with Crippen LogP contribution >= 0.6 is 22.9 Å². The molecular weight excluding hydrogens is 294 g/mol. The third-order valence-electron chi connectivity index (χ3n) is 3.85. The number of anilines is 1. The van der Waals surface area contributed by atoms with Gasteiger partial charge in [-0.1, -0.05) is 11.6 Å². The summed E-state index contributed by atoms with van der Waals surface area (Å²) in [6.45, 7) is 4.02. The van der Waals surface area contributed by atoms with Gasteiger partial charge in [0.15, 0.2) is 5.82 Å². The lowest BCUT2D eigenvalue weighted by molar-refractivity contribution is 0.352. The fraction of sp³-hybridized carbons (Fsp3) is 0.538. The van der Waals surface area contributed by atoms with Crippen LogP contribution in [0.2, 0.25) is 4.34 Å². The van der Waals surface area contributed by atoms with Crippen LogP contribution in [0, 0.1) is 5.92 Å². The number of aromatic amines is 1. The number of hydrogen-bond donors (Lipinski definition) is 2. The predicted octanol–water partition coefficient (Wildman–Crippen LogP) is 2.75. The van der Waals surface area contributed by atoms with Gasteiger partial charge in [0.05, 0.1) is 9.21 Å². The van der Waals surface area contributed by atoms with Crippen molar-refractivity contribution in [3.63, 3.8) is 0 Å². The van der Waals surface area contributed by atoms with Crippen LogP contribution < -0.4 is 10.6 Å². The summed E-state index contributed by atoms with van der Waals surface area (Å²) in [5.41, 5.74) is 5.97. The smallest absolute Gasteiger partial charge is 0.245 e. The summed E-state index contributed by atoms with van der Waals surface area (Å²) in [4.78, 5) is 7.80. The van der Waals surface area contributed by atoms with Crippen LogP contribution in [0.1, 0.15) is 19.8 Å². The van der Waals surface area contributed by atoms with Gasteiger partial charge in [0.1, 0.15) is 0 Å². The summed E-state index contributed by atoms with van der Waals surface area (Å²) >= 11 is 7.45. The molecule has 5 nitrogen and oxygen atoms in total. The third kappa shape index (κ3) is 2.82.